The van der Waals surface area contributed by atoms with Gasteiger partial charge in [0.25, 0.3) is 0 Å². The molecule has 0 aliphatic carbocycles. The summed E-state index contributed by atoms with van der Waals surface area (Å²) >= 11 is 1.54. The Labute approximate surface area is 125 Å². The van der Waals surface area contributed by atoms with Gasteiger partial charge in [0.05, 0.1) is 11.8 Å². The number of benzene rings is 1. The fourth-order valence-corrected chi connectivity index (χ4v) is 2.53. The summed E-state index contributed by atoms with van der Waals surface area (Å²) in [5, 5.41) is 5.91. The van der Waals surface area contributed by atoms with Gasteiger partial charge in [-0.25, -0.2) is 0 Å². The number of hydrogen-bond donors (Lipinski definition) is 2. The third-order valence-corrected chi connectivity index (χ3v) is 3.84. The molecular weight excluding hydrogens is 268 g/mol. The second-order valence-electron chi connectivity index (χ2n) is 4.50. The lowest BCUT2D eigenvalue weighted by Crippen LogP contribution is -2.31. The predicted molar refractivity (Wildman–Crippen MR) is 85.6 cm³/mol. The molecule has 0 bridgehead atoms. The van der Waals surface area contributed by atoms with Gasteiger partial charge in [-0.15, -0.1) is 18.2 Å². The molecule has 4 heteroatoms. The van der Waals surface area contributed by atoms with Crippen LogP contribution in [0.3, 0.4) is 0 Å². The van der Waals surface area contributed by atoms with Gasteiger partial charge in [0.1, 0.15) is 0 Å². The lowest BCUT2D eigenvalue weighted by atomic mass is 10.2. The maximum Gasteiger partial charge on any atom is 0.233 e. The summed E-state index contributed by atoms with van der Waals surface area (Å²) in [6, 6.07) is 8.30. The zero-order chi connectivity index (χ0) is 14.8. The maximum absolute atomic E-state index is 11.7. The van der Waals surface area contributed by atoms with E-state index in [-0.39, 0.29) is 17.7 Å². The molecule has 0 saturated heterocycles. The Morgan fingerprint density at radius 2 is 2.10 bits per heavy atom. The van der Waals surface area contributed by atoms with Crippen LogP contribution in [0.4, 0.5) is 0 Å². The number of rotatable bonds is 8. The normalized spacial score (nSPS) is 11.7. The van der Waals surface area contributed by atoms with Crippen molar-refractivity contribution in [3.63, 3.8) is 0 Å². The van der Waals surface area contributed by atoms with Gasteiger partial charge in [0.2, 0.25) is 5.91 Å². The second kappa shape index (κ2) is 9.46. The van der Waals surface area contributed by atoms with Gasteiger partial charge in [-0.05, 0) is 37.6 Å². The Kier molecular flexibility index (Phi) is 7.86. The van der Waals surface area contributed by atoms with E-state index >= 15 is 0 Å². The summed E-state index contributed by atoms with van der Waals surface area (Å²) in [4.78, 5) is 12.8. The van der Waals surface area contributed by atoms with Crippen LogP contribution < -0.4 is 10.6 Å². The number of carbonyl (C=O) groups is 1. The zero-order valence-electron chi connectivity index (χ0n) is 12.1. The molecule has 1 amide bonds. The van der Waals surface area contributed by atoms with E-state index in [0.29, 0.717) is 0 Å². The second-order valence-corrected chi connectivity index (χ2v) is 5.92. The van der Waals surface area contributed by atoms with Crippen LogP contribution >= 0.6 is 11.8 Å². The zero-order valence-corrected chi connectivity index (χ0v) is 12.9. The molecule has 0 heterocycles. The highest BCUT2D eigenvalue weighted by molar-refractivity contribution is 8.00. The van der Waals surface area contributed by atoms with Crippen molar-refractivity contribution in [1.82, 2.24) is 10.6 Å². The molecule has 1 atom stereocenters. The summed E-state index contributed by atoms with van der Waals surface area (Å²) in [5.41, 5.74) is 1.26. The highest BCUT2D eigenvalue weighted by Crippen LogP contribution is 2.23. The van der Waals surface area contributed by atoms with E-state index in [1.54, 1.807) is 0 Å². The SMILES string of the molecule is C#CCNC(=O)C(C)Sc1ccc(CNCCC)cc1. The first-order valence-corrected chi connectivity index (χ1v) is 7.72. The topological polar surface area (TPSA) is 41.1 Å². The van der Waals surface area contributed by atoms with Gasteiger partial charge in [-0.1, -0.05) is 25.0 Å². The smallest absolute Gasteiger partial charge is 0.233 e. The average Bonchev–Trinajstić information content (AvgIpc) is 2.46. The third-order valence-electron chi connectivity index (χ3n) is 2.73. The quantitative estimate of drug-likeness (QED) is 0.439. The van der Waals surface area contributed by atoms with Crippen LogP contribution in [0.15, 0.2) is 29.2 Å². The lowest BCUT2D eigenvalue weighted by Gasteiger charge is -2.11. The molecule has 0 radical (unpaired) electrons. The summed E-state index contributed by atoms with van der Waals surface area (Å²) in [7, 11) is 0. The Bertz CT molecular complexity index is 451. The Balaban J connectivity index is 2.44. The van der Waals surface area contributed by atoms with E-state index in [2.05, 4.69) is 47.7 Å². The Hall–Kier alpha value is -1.44. The van der Waals surface area contributed by atoms with Crippen molar-refractivity contribution in [2.45, 2.75) is 37.0 Å². The lowest BCUT2D eigenvalue weighted by molar-refractivity contribution is -0.120. The summed E-state index contributed by atoms with van der Waals surface area (Å²) in [6.45, 7) is 6.23. The monoisotopic (exact) mass is 290 g/mol. The summed E-state index contributed by atoms with van der Waals surface area (Å²) in [5.74, 6) is 2.37. The molecule has 1 aromatic carbocycles. The first kappa shape index (κ1) is 16.6. The van der Waals surface area contributed by atoms with Crippen LogP contribution in [-0.4, -0.2) is 24.2 Å². The van der Waals surface area contributed by atoms with Crippen molar-refractivity contribution in [3.8, 4) is 12.3 Å². The van der Waals surface area contributed by atoms with Crippen molar-refractivity contribution in [2.75, 3.05) is 13.1 Å². The average molecular weight is 290 g/mol. The van der Waals surface area contributed by atoms with Crippen LogP contribution in [-0.2, 0) is 11.3 Å². The molecule has 1 rings (SSSR count). The van der Waals surface area contributed by atoms with Crippen LogP contribution in [0, 0.1) is 12.3 Å². The van der Waals surface area contributed by atoms with Crippen LogP contribution in [0.2, 0.25) is 0 Å². The number of amides is 1. The van der Waals surface area contributed by atoms with Gasteiger partial charge in [-0.3, -0.25) is 4.79 Å². The molecule has 1 unspecified atom stereocenters. The molecule has 0 aliphatic heterocycles. The molecule has 20 heavy (non-hydrogen) atoms. The van der Waals surface area contributed by atoms with E-state index in [0.717, 1.165) is 24.4 Å². The van der Waals surface area contributed by atoms with Gasteiger partial charge < -0.3 is 10.6 Å². The number of carbonyl (C=O) groups excluding carboxylic acids is 1. The van der Waals surface area contributed by atoms with E-state index in [1.165, 1.54) is 17.3 Å². The number of hydrogen-bond acceptors (Lipinski definition) is 3. The number of terminal acetylenes is 1. The van der Waals surface area contributed by atoms with Crippen LogP contribution in [0.1, 0.15) is 25.8 Å². The fraction of sp³-hybridized carbons (Fsp3) is 0.438. The fourth-order valence-electron chi connectivity index (χ4n) is 1.63. The molecule has 0 aliphatic rings. The molecule has 108 valence electrons. The van der Waals surface area contributed by atoms with Gasteiger partial charge in [-0.2, -0.15) is 0 Å². The largest absolute Gasteiger partial charge is 0.344 e. The minimum Gasteiger partial charge on any atom is -0.344 e. The molecule has 1 aromatic rings. The molecule has 0 saturated carbocycles. The standard InChI is InChI=1S/C16H22N2OS/c1-4-10-17-12-14-6-8-15(9-7-14)20-13(3)16(19)18-11-5-2/h2,6-9,13,17H,4,10-12H2,1,3H3,(H,18,19). The molecule has 0 fully saturated rings. The molecular formula is C16H22N2OS. The van der Waals surface area contributed by atoms with E-state index in [9.17, 15) is 4.79 Å². The van der Waals surface area contributed by atoms with Crippen molar-refractivity contribution in [3.05, 3.63) is 29.8 Å². The Morgan fingerprint density at radius 3 is 2.70 bits per heavy atom. The highest BCUT2D eigenvalue weighted by Gasteiger charge is 2.13. The van der Waals surface area contributed by atoms with Gasteiger partial charge in [0.15, 0.2) is 0 Å². The third kappa shape index (κ3) is 6.14. The molecule has 3 nitrogen and oxygen atoms in total. The maximum atomic E-state index is 11.7. The highest BCUT2D eigenvalue weighted by atomic mass is 32.2. The summed E-state index contributed by atoms with van der Waals surface area (Å²) < 4.78 is 0. The van der Waals surface area contributed by atoms with Crippen molar-refractivity contribution in [2.24, 2.45) is 0 Å². The first-order valence-electron chi connectivity index (χ1n) is 6.84. The van der Waals surface area contributed by atoms with Gasteiger partial charge >= 0.3 is 0 Å². The molecule has 0 aromatic heterocycles. The number of nitrogens with one attached hydrogen (secondary N) is 2. The summed E-state index contributed by atoms with van der Waals surface area (Å²) in [6.07, 6.45) is 6.26. The van der Waals surface area contributed by atoms with Crippen LogP contribution in [0.25, 0.3) is 0 Å². The molecule has 0 spiro atoms. The van der Waals surface area contributed by atoms with Crippen LogP contribution in [0.5, 0.6) is 0 Å². The molecule has 2 N–H and O–H groups in total. The Morgan fingerprint density at radius 1 is 1.40 bits per heavy atom. The van der Waals surface area contributed by atoms with Crippen molar-refractivity contribution < 1.29 is 4.79 Å². The van der Waals surface area contributed by atoms with Crippen molar-refractivity contribution in [1.29, 1.82) is 0 Å². The van der Waals surface area contributed by atoms with Gasteiger partial charge in [0, 0.05) is 11.4 Å². The van der Waals surface area contributed by atoms with E-state index < -0.39 is 0 Å². The predicted octanol–water partition coefficient (Wildman–Crippen LogP) is 2.42. The first-order chi connectivity index (χ1) is 9.67. The van der Waals surface area contributed by atoms with E-state index in [4.69, 9.17) is 6.42 Å². The van der Waals surface area contributed by atoms with E-state index in [1.807, 2.05) is 6.92 Å². The van der Waals surface area contributed by atoms with Crippen molar-refractivity contribution >= 4 is 17.7 Å². The minimum atomic E-state index is -0.146. The minimum absolute atomic E-state index is 0.0263. The number of thioether (sulfide) groups is 1.